The van der Waals surface area contributed by atoms with E-state index < -0.39 is 0 Å². The number of nitrogens with zero attached hydrogens (tertiary/aromatic N) is 1. The van der Waals surface area contributed by atoms with Gasteiger partial charge in [0.1, 0.15) is 11.3 Å². The van der Waals surface area contributed by atoms with Gasteiger partial charge < -0.3 is 10.2 Å². The maximum atomic E-state index is 13.0. The second-order valence-corrected chi connectivity index (χ2v) is 5.05. The predicted molar refractivity (Wildman–Crippen MR) is 74.4 cm³/mol. The van der Waals surface area contributed by atoms with Crippen LogP contribution in [0.2, 0.25) is 0 Å². The van der Waals surface area contributed by atoms with Gasteiger partial charge in [0, 0.05) is 17.5 Å². The highest BCUT2D eigenvalue weighted by Gasteiger charge is 2.07. The summed E-state index contributed by atoms with van der Waals surface area (Å²) >= 11 is 1.43. The number of fused-ring (bicyclic) bond motifs is 1. The number of hydrogen-bond donors (Lipinski definition) is 1. The third-order valence-electron chi connectivity index (χ3n) is 2.64. The zero-order chi connectivity index (χ0) is 13.2. The van der Waals surface area contributed by atoms with Crippen molar-refractivity contribution in [1.29, 1.82) is 0 Å². The molecule has 1 heterocycles. The monoisotopic (exact) mass is 274 g/mol. The average Bonchev–Trinajstić information content (AvgIpc) is 2.78. The van der Waals surface area contributed by atoms with Gasteiger partial charge in [0.15, 0.2) is 5.58 Å². The first-order valence-electron chi connectivity index (χ1n) is 5.74. The van der Waals surface area contributed by atoms with Gasteiger partial charge in [0.2, 0.25) is 0 Å². The number of aromatic nitrogens is 1. The molecule has 2 aromatic carbocycles. The Balaban J connectivity index is 1.78. The van der Waals surface area contributed by atoms with Crippen LogP contribution in [-0.2, 0) is 5.75 Å². The minimum atomic E-state index is -0.233. The van der Waals surface area contributed by atoms with Crippen LogP contribution in [0.5, 0.6) is 0 Å². The van der Waals surface area contributed by atoms with E-state index in [1.54, 1.807) is 18.2 Å². The zero-order valence-corrected chi connectivity index (χ0v) is 10.8. The third-order valence-corrected chi connectivity index (χ3v) is 3.54. The molecule has 3 rings (SSSR count). The van der Waals surface area contributed by atoms with Crippen molar-refractivity contribution in [2.24, 2.45) is 0 Å². The molecule has 0 saturated carbocycles. The van der Waals surface area contributed by atoms with E-state index in [1.807, 2.05) is 12.1 Å². The Morgan fingerprint density at radius 2 is 2.11 bits per heavy atom. The van der Waals surface area contributed by atoms with Crippen molar-refractivity contribution >= 4 is 28.5 Å². The number of nitrogens with two attached hydrogens (primary N) is 1. The van der Waals surface area contributed by atoms with Gasteiger partial charge in [-0.2, -0.15) is 0 Å². The molecule has 1 aromatic heterocycles. The van der Waals surface area contributed by atoms with Gasteiger partial charge in [-0.1, -0.05) is 23.9 Å². The van der Waals surface area contributed by atoms with Crippen LogP contribution in [0.4, 0.5) is 10.1 Å². The summed E-state index contributed by atoms with van der Waals surface area (Å²) in [6, 6.07) is 11.8. The smallest absolute Gasteiger partial charge is 0.257 e. The Morgan fingerprint density at radius 3 is 2.95 bits per heavy atom. The normalized spacial score (nSPS) is 11.0. The first kappa shape index (κ1) is 12.0. The molecule has 19 heavy (non-hydrogen) atoms. The van der Waals surface area contributed by atoms with Crippen LogP contribution in [0.1, 0.15) is 5.56 Å². The molecule has 3 nitrogen and oxygen atoms in total. The van der Waals surface area contributed by atoms with Gasteiger partial charge in [-0.3, -0.25) is 0 Å². The molecule has 0 amide bonds. The maximum absolute atomic E-state index is 13.0. The van der Waals surface area contributed by atoms with Gasteiger partial charge in [-0.05, 0) is 29.8 Å². The minimum Gasteiger partial charge on any atom is -0.431 e. The molecule has 0 spiro atoms. The van der Waals surface area contributed by atoms with Gasteiger partial charge in [-0.25, -0.2) is 9.37 Å². The standard InChI is InChI=1S/C14H11FN2OS/c15-10-3-1-2-9(6-10)8-19-14-17-12-5-4-11(16)7-13(12)18-14/h1-7H,8,16H2. The lowest BCUT2D eigenvalue weighted by Gasteiger charge is -1.97. The molecule has 0 saturated heterocycles. The number of anilines is 1. The molecule has 2 N–H and O–H groups in total. The lowest BCUT2D eigenvalue weighted by Crippen LogP contribution is -1.82. The van der Waals surface area contributed by atoms with E-state index >= 15 is 0 Å². The molecule has 0 bridgehead atoms. The summed E-state index contributed by atoms with van der Waals surface area (Å²) in [5.74, 6) is 0.378. The van der Waals surface area contributed by atoms with Crippen LogP contribution in [0.25, 0.3) is 11.1 Å². The largest absolute Gasteiger partial charge is 0.431 e. The molecular formula is C14H11FN2OS. The number of benzene rings is 2. The fraction of sp³-hybridized carbons (Fsp3) is 0.0714. The van der Waals surface area contributed by atoms with E-state index in [1.165, 1.54) is 23.9 Å². The van der Waals surface area contributed by atoms with Gasteiger partial charge >= 0.3 is 0 Å². The van der Waals surface area contributed by atoms with E-state index in [4.69, 9.17) is 10.2 Å². The van der Waals surface area contributed by atoms with E-state index in [0.717, 1.165) is 11.1 Å². The number of nitrogen functional groups attached to an aromatic ring is 1. The van der Waals surface area contributed by atoms with E-state index in [-0.39, 0.29) is 5.82 Å². The van der Waals surface area contributed by atoms with Crippen LogP contribution < -0.4 is 5.73 Å². The molecule has 0 radical (unpaired) electrons. The summed E-state index contributed by atoms with van der Waals surface area (Å²) < 4.78 is 18.6. The molecule has 0 fully saturated rings. The van der Waals surface area contributed by atoms with Crippen LogP contribution in [0.15, 0.2) is 52.1 Å². The van der Waals surface area contributed by atoms with Crippen LogP contribution in [0.3, 0.4) is 0 Å². The van der Waals surface area contributed by atoms with Crippen molar-refractivity contribution in [3.63, 3.8) is 0 Å². The predicted octanol–water partition coefficient (Wildman–Crippen LogP) is 3.84. The zero-order valence-electron chi connectivity index (χ0n) is 9.97. The molecule has 0 aliphatic carbocycles. The Bertz CT molecular complexity index is 726. The van der Waals surface area contributed by atoms with Crippen LogP contribution in [0, 0.1) is 5.82 Å². The Hall–Kier alpha value is -2.01. The van der Waals surface area contributed by atoms with E-state index in [9.17, 15) is 4.39 Å². The Morgan fingerprint density at radius 1 is 1.21 bits per heavy atom. The minimum absolute atomic E-state index is 0.233. The molecule has 96 valence electrons. The van der Waals surface area contributed by atoms with E-state index in [0.29, 0.717) is 22.2 Å². The third kappa shape index (κ3) is 2.71. The van der Waals surface area contributed by atoms with Crippen LogP contribution >= 0.6 is 11.8 Å². The molecule has 5 heteroatoms. The second kappa shape index (κ2) is 4.93. The van der Waals surface area contributed by atoms with Crippen molar-refractivity contribution < 1.29 is 8.81 Å². The summed E-state index contributed by atoms with van der Waals surface area (Å²) in [5.41, 5.74) is 8.66. The van der Waals surface area contributed by atoms with Crippen molar-refractivity contribution in [2.75, 3.05) is 5.73 Å². The summed E-state index contributed by atoms with van der Waals surface area (Å²) in [4.78, 5) is 4.34. The van der Waals surface area contributed by atoms with Gasteiger partial charge in [0.25, 0.3) is 5.22 Å². The highest BCUT2D eigenvalue weighted by molar-refractivity contribution is 7.98. The number of rotatable bonds is 3. The Labute approximate surface area is 113 Å². The van der Waals surface area contributed by atoms with Crippen molar-refractivity contribution in [3.05, 3.63) is 53.8 Å². The molecule has 0 aliphatic rings. The van der Waals surface area contributed by atoms with Gasteiger partial charge in [0.05, 0.1) is 0 Å². The molecule has 0 unspecified atom stereocenters. The number of oxazole rings is 1. The molecule has 0 atom stereocenters. The highest BCUT2D eigenvalue weighted by Crippen LogP contribution is 2.27. The topological polar surface area (TPSA) is 52.0 Å². The van der Waals surface area contributed by atoms with Gasteiger partial charge in [-0.15, -0.1) is 0 Å². The summed E-state index contributed by atoms with van der Waals surface area (Å²) in [7, 11) is 0. The quantitative estimate of drug-likeness (QED) is 0.582. The summed E-state index contributed by atoms with van der Waals surface area (Å²) in [5, 5.41) is 0.560. The maximum Gasteiger partial charge on any atom is 0.257 e. The molecular weight excluding hydrogens is 263 g/mol. The first-order chi connectivity index (χ1) is 9.20. The second-order valence-electron chi connectivity index (χ2n) is 4.13. The Kier molecular flexibility index (Phi) is 3.13. The number of hydrogen-bond acceptors (Lipinski definition) is 4. The first-order valence-corrected chi connectivity index (χ1v) is 6.72. The molecule has 3 aromatic rings. The highest BCUT2D eigenvalue weighted by atomic mass is 32.2. The van der Waals surface area contributed by atoms with Crippen molar-refractivity contribution in [1.82, 2.24) is 4.98 Å². The molecule has 0 aliphatic heterocycles. The summed E-state index contributed by atoms with van der Waals surface area (Å²) in [6.07, 6.45) is 0. The fourth-order valence-electron chi connectivity index (χ4n) is 1.75. The SMILES string of the molecule is Nc1ccc2nc(SCc3cccc(F)c3)oc2c1. The van der Waals surface area contributed by atoms with Crippen LogP contribution in [-0.4, -0.2) is 4.98 Å². The average molecular weight is 274 g/mol. The van der Waals surface area contributed by atoms with E-state index in [2.05, 4.69) is 4.98 Å². The number of thioether (sulfide) groups is 1. The van der Waals surface area contributed by atoms with Crippen molar-refractivity contribution in [2.45, 2.75) is 11.0 Å². The lowest BCUT2D eigenvalue weighted by molar-refractivity contribution is 0.489. The lowest BCUT2D eigenvalue weighted by atomic mass is 10.2. The van der Waals surface area contributed by atoms with Crippen molar-refractivity contribution in [3.8, 4) is 0 Å². The fourth-order valence-corrected chi connectivity index (χ4v) is 2.53. The number of halogens is 1. The summed E-state index contributed by atoms with van der Waals surface area (Å²) in [6.45, 7) is 0.